The number of benzene rings is 2. The number of halogens is 1. The van der Waals surface area contributed by atoms with Crippen LogP contribution in [-0.2, 0) is 16.1 Å². The molecule has 2 aromatic rings. The second-order valence-corrected chi connectivity index (χ2v) is 10.5. The molecule has 1 aliphatic heterocycles. The third-order valence-electron chi connectivity index (χ3n) is 8.06. The van der Waals surface area contributed by atoms with E-state index in [0.717, 1.165) is 30.4 Å². The van der Waals surface area contributed by atoms with Crippen molar-refractivity contribution < 1.29 is 28.9 Å². The van der Waals surface area contributed by atoms with Crippen molar-refractivity contribution in [3.8, 4) is 5.75 Å². The van der Waals surface area contributed by atoms with Crippen LogP contribution < -0.4 is 10.1 Å². The highest BCUT2D eigenvalue weighted by molar-refractivity contribution is 5.96. The van der Waals surface area contributed by atoms with Gasteiger partial charge in [0.15, 0.2) is 0 Å². The van der Waals surface area contributed by atoms with Gasteiger partial charge in [-0.25, -0.2) is 4.39 Å². The molecule has 1 fully saturated rings. The molecule has 202 valence electrons. The van der Waals surface area contributed by atoms with Crippen LogP contribution in [0.1, 0.15) is 55.6 Å². The highest BCUT2D eigenvalue weighted by Gasteiger charge is 2.50. The Morgan fingerprint density at radius 3 is 2.55 bits per heavy atom. The average Bonchev–Trinajstić information content (AvgIpc) is 3.59. The minimum absolute atomic E-state index is 0.0862. The number of amides is 2. The zero-order chi connectivity index (χ0) is 26.6. The molecule has 3 aliphatic rings. The van der Waals surface area contributed by atoms with Gasteiger partial charge in [0.05, 0.1) is 18.6 Å². The van der Waals surface area contributed by atoms with Gasteiger partial charge in [0.2, 0.25) is 11.8 Å². The SMILES string of the molecule is O=C(NCCO)C1=C[C@@H](N(Cc2ccc(F)cc2)C(=O)CCC2CCCC2)[C@H](O)[C@H]2Oc3ccccc3[C@@H]12. The van der Waals surface area contributed by atoms with E-state index in [1.54, 1.807) is 23.1 Å². The van der Waals surface area contributed by atoms with Crippen molar-refractivity contribution in [1.82, 2.24) is 10.2 Å². The van der Waals surface area contributed by atoms with E-state index in [0.29, 0.717) is 23.7 Å². The molecule has 8 heteroatoms. The molecule has 2 aliphatic carbocycles. The topological polar surface area (TPSA) is 99.1 Å². The quantitative estimate of drug-likeness (QED) is 0.469. The maximum absolute atomic E-state index is 13.7. The van der Waals surface area contributed by atoms with Gasteiger partial charge in [-0.3, -0.25) is 9.59 Å². The number of nitrogens with zero attached hydrogens (tertiary/aromatic N) is 1. The molecule has 38 heavy (non-hydrogen) atoms. The van der Waals surface area contributed by atoms with Crippen LogP contribution in [-0.4, -0.2) is 58.3 Å². The number of rotatable bonds is 9. The Hall–Kier alpha value is -3.23. The molecule has 0 radical (unpaired) electrons. The molecule has 2 amide bonds. The molecule has 0 unspecified atom stereocenters. The summed E-state index contributed by atoms with van der Waals surface area (Å²) in [4.78, 5) is 28.6. The van der Waals surface area contributed by atoms with Gasteiger partial charge < -0.3 is 25.2 Å². The Morgan fingerprint density at radius 2 is 1.82 bits per heavy atom. The molecule has 1 heterocycles. The summed E-state index contributed by atoms with van der Waals surface area (Å²) >= 11 is 0. The number of carbonyl (C=O) groups excluding carboxylic acids is 2. The predicted octanol–water partition coefficient (Wildman–Crippen LogP) is 3.45. The van der Waals surface area contributed by atoms with Crippen LogP contribution in [0.3, 0.4) is 0 Å². The van der Waals surface area contributed by atoms with E-state index in [9.17, 15) is 24.2 Å². The monoisotopic (exact) mass is 522 g/mol. The van der Waals surface area contributed by atoms with Crippen molar-refractivity contribution in [3.63, 3.8) is 0 Å². The summed E-state index contributed by atoms with van der Waals surface area (Å²) in [6, 6.07) is 12.5. The molecule has 0 saturated heterocycles. The fourth-order valence-electron chi connectivity index (χ4n) is 6.11. The lowest BCUT2D eigenvalue weighted by molar-refractivity contribution is -0.138. The van der Waals surface area contributed by atoms with Crippen molar-refractivity contribution in [2.45, 2.75) is 69.2 Å². The summed E-state index contributed by atoms with van der Waals surface area (Å²) in [6.07, 6.45) is 5.59. The van der Waals surface area contributed by atoms with E-state index in [2.05, 4.69) is 5.32 Å². The summed E-state index contributed by atoms with van der Waals surface area (Å²) in [7, 11) is 0. The first-order valence-corrected chi connectivity index (χ1v) is 13.5. The number of aliphatic hydroxyl groups excluding tert-OH is 2. The number of aliphatic hydroxyl groups is 2. The number of carbonyl (C=O) groups is 2. The van der Waals surface area contributed by atoms with Crippen LogP contribution in [0.15, 0.2) is 60.2 Å². The molecule has 3 N–H and O–H groups in total. The number of hydrogen-bond donors (Lipinski definition) is 3. The number of para-hydroxylation sites is 1. The number of ether oxygens (including phenoxy) is 1. The first kappa shape index (κ1) is 26.4. The number of fused-ring (bicyclic) bond motifs is 3. The molecule has 0 aromatic heterocycles. The molecule has 1 saturated carbocycles. The van der Waals surface area contributed by atoms with Gasteiger partial charge >= 0.3 is 0 Å². The van der Waals surface area contributed by atoms with E-state index < -0.39 is 24.2 Å². The maximum Gasteiger partial charge on any atom is 0.247 e. The maximum atomic E-state index is 13.7. The van der Waals surface area contributed by atoms with E-state index >= 15 is 0 Å². The minimum atomic E-state index is -1.09. The van der Waals surface area contributed by atoms with Gasteiger partial charge in [-0.15, -0.1) is 0 Å². The molecule has 5 rings (SSSR count). The van der Waals surface area contributed by atoms with E-state index in [4.69, 9.17) is 4.74 Å². The first-order valence-electron chi connectivity index (χ1n) is 13.5. The minimum Gasteiger partial charge on any atom is -0.486 e. The van der Waals surface area contributed by atoms with Crippen LogP contribution in [0, 0.1) is 11.7 Å². The summed E-state index contributed by atoms with van der Waals surface area (Å²) < 4.78 is 19.8. The summed E-state index contributed by atoms with van der Waals surface area (Å²) in [6.45, 7) is 0.0450. The second kappa shape index (κ2) is 11.7. The first-order chi connectivity index (χ1) is 18.5. The fraction of sp³-hybridized carbons (Fsp3) is 0.467. The standard InChI is InChI=1S/C30H35FN2O5/c31-21-12-9-20(10-13-21)18-33(26(35)14-11-19-5-1-2-6-19)24-17-23(30(37)32-15-16-34)27-22-7-3-4-8-25(22)38-29(27)28(24)36/h3-4,7-10,12-13,17,19,24,27-29,34,36H,1-2,5-6,11,14-16,18H2,(H,32,37)/t24-,27+,28+,29+/m1/s1. The molecule has 4 atom stereocenters. The van der Waals surface area contributed by atoms with Gasteiger partial charge in [0, 0.05) is 30.6 Å². The molecule has 0 spiro atoms. The summed E-state index contributed by atoms with van der Waals surface area (Å²) in [5.74, 6) is -0.237. The number of nitrogens with one attached hydrogen (secondary N) is 1. The Labute approximate surface area is 222 Å². The highest BCUT2D eigenvalue weighted by atomic mass is 19.1. The summed E-state index contributed by atoms with van der Waals surface area (Å²) in [5, 5.41) is 23.6. The third kappa shape index (κ3) is 5.47. The largest absolute Gasteiger partial charge is 0.486 e. The smallest absolute Gasteiger partial charge is 0.247 e. The van der Waals surface area contributed by atoms with Crippen LogP contribution in [0.2, 0.25) is 0 Å². The van der Waals surface area contributed by atoms with Crippen molar-refractivity contribution in [2.75, 3.05) is 13.2 Å². The Balaban J connectivity index is 1.49. The lowest BCUT2D eigenvalue weighted by Gasteiger charge is -2.41. The van der Waals surface area contributed by atoms with Crippen LogP contribution in [0.4, 0.5) is 4.39 Å². The van der Waals surface area contributed by atoms with Crippen LogP contribution in [0.25, 0.3) is 0 Å². The van der Waals surface area contributed by atoms with Gasteiger partial charge in [-0.05, 0) is 42.2 Å². The van der Waals surface area contributed by atoms with Crippen molar-refractivity contribution in [3.05, 3.63) is 77.1 Å². The Morgan fingerprint density at radius 1 is 1.08 bits per heavy atom. The van der Waals surface area contributed by atoms with Crippen molar-refractivity contribution in [2.24, 2.45) is 5.92 Å². The predicted molar refractivity (Wildman–Crippen MR) is 140 cm³/mol. The van der Waals surface area contributed by atoms with Crippen molar-refractivity contribution >= 4 is 11.8 Å². The van der Waals surface area contributed by atoms with Gasteiger partial charge in [-0.1, -0.05) is 56.0 Å². The molecule has 0 bridgehead atoms. The third-order valence-corrected chi connectivity index (χ3v) is 8.06. The zero-order valence-corrected chi connectivity index (χ0v) is 21.4. The van der Waals surface area contributed by atoms with Gasteiger partial charge in [0.25, 0.3) is 0 Å². The van der Waals surface area contributed by atoms with E-state index in [1.807, 2.05) is 24.3 Å². The second-order valence-electron chi connectivity index (χ2n) is 10.5. The van der Waals surface area contributed by atoms with Crippen LogP contribution in [0.5, 0.6) is 5.75 Å². The molecule has 7 nitrogen and oxygen atoms in total. The fourth-order valence-corrected chi connectivity index (χ4v) is 6.11. The zero-order valence-electron chi connectivity index (χ0n) is 21.4. The average molecular weight is 523 g/mol. The normalized spacial score (nSPS) is 24.2. The molecular formula is C30H35FN2O5. The number of hydrogen-bond acceptors (Lipinski definition) is 5. The molecular weight excluding hydrogens is 487 g/mol. The lowest BCUT2D eigenvalue weighted by atomic mass is 9.77. The Bertz CT molecular complexity index is 1180. The Kier molecular flexibility index (Phi) is 8.09. The van der Waals surface area contributed by atoms with Crippen LogP contribution >= 0.6 is 0 Å². The van der Waals surface area contributed by atoms with E-state index in [-0.39, 0.29) is 37.3 Å². The summed E-state index contributed by atoms with van der Waals surface area (Å²) in [5.41, 5.74) is 1.93. The lowest BCUT2D eigenvalue weighted by Crippen LogP contribution is -2.55. The van der Waals surface area contributed by atoms with Crippen molar-refractivity contribution in [1.29, 1.82) is 0 Å². The highest BCUT2D eigenvalue weighted by Crippen LogP contribution is 2.47. The van der Waals surface area contributed by atoms with Gasteiger partial charge in [0.1, 0.15) is 23.8 Å². The van der Waals surface area contributed by atoms with Gasteiger partial charge in [-0.2, -0.15) is 0 Å². The van der Waals surface area contributed by atoms with E-state index in [1.165, 1.54) is 25.0 Å². The molecule has 2 aromatic carbocycles.